The second-order valence-electron chi connectivity index (χ2n) is 4.32. The molecule has 0 saturated heterocycles. The van der Waals surface area contributed by atoms with E-state index in [1.165, 1.54) is 51.4 Å². The fourth-order valence-corrected chi connectivity index (χ4v) is 1.59. The molecule has 0 aromatic heterocycles. The van der Waals surface area contributed by atoms with Crippen molar-refractivity contribution in [1.29, 1.82) is 0 Å². The zero-order valence-electron chi connectivity index (χ0n) is 10.6. The molecule has 0 spiro atoms. The summed E-state index contributed by atoms with van der Waals surface area (Å²) >= 11 is 0. The summed E-state index contributed by atoms with van der Waals surface area (Å²) in [5, 5.41) is 0. The lowest BCUT2D eigenvalue weighted by Gasteiger charge is -2.12. The standard InChI is InChI=1S/C14H28O/c1-4-6-8-9-10-11-12-14(3)15-13-7-5-2/h4,14H,1,5-13H2,2-3H3. The van der Waals surface area contributed by atoms with Crippen molar-refractivity contribution in [1.82, 2.24) is 0 Å². The van der Waals surface area contributed by atoms with Gasteiger partial charge in [-0.25, -0.2) is 0 Å². The monoisotopic (exact) mass is 212 g/mol. The maximum absolute atomic E-state index is 5.69. The number of unbranched alkanes of at least 4 members (excludes halogenated alkanes) is 5. The Morgan fingerprint density at radius 2 is 1.87 bits per heavy atom. The summed E-state index contributed by atoms with van der Waals surface area (Å²) in [6, 6.07) is 0. The van der Waals surface area contributed by atoms with Crippen molar-refractivity contribution in [2.45, 2.75) is 71.3 Å². The molecule has 0 bridgehead atoms. The molecule has 0 saturated carbocycles. The van der Waals surface area contributed by atoms with Crippen LogP contribution in [0.4, 0.5) is 0 Å². The first kappa shape index (κ1) is 14.7. The summed E-state index contributed by atoms with van der Waals surface area (Å²) in [5.74, 6) is 0. The maximum Gasteiger partial charge on any atom is 0.0547 e. The van der Waals surface area contributed by atoms with Crippen LogP contribution in [-0.2, 0) is 4.74 Å². The Kier molecular flexibility index (Phi) is 11.5. The highest BCUT2D eigenvalue weighted by Crippen LogP contribution is 2.09. The van der Waals surface area contributed by atoms with Crippen LogP contribution >= 0.6 is 0 Å². The molecule has 90 valence electrons. The molecule has 1 heteroatoms. The highest BCUT2D eigenvalue weighted by atomic mass is 16.5. The van der Waals surface area contributed by atoms with Gasteiger partial charge in [0.25, 0.3) is 0 Å². The molecule has 0 aliphatic carbocycles. The Hall–Kier alpha value is -0.300. The predicted octanol–water partition coefficient (Wildman–Crippen LogP) is 4.72. The minimum absolute atomic E-state index is 0.455. The van der Waals surface area contributed by atoms with Gasteiger partial charge < -0.3 is 4.74 Å². The second-order valence-corrected chi connectivity index (χ2v) is 4.32. The molecule has 0 aliphatic heterocycles. The Labute approximate surface area is 95.9 Å². The van der Waals surface area contributed by atoms with Crippen molar-refractivity contribution >= 4 is 0 Å². The van der Waals surface area contributed by atoms with Crippen LogP contribution in [0.15, 0.2) is 12.7 Å². The van der Waals surface area contributed by atoms with Gasteiger partial charge in [-0.2, -0.15) is 0 Å². The van der Waals surface area contributed by atoms with E-state index in [4.69, 9.17) is 4.74 Å². The Morgan fingerprint density at radius 3 is 2.53 bits per heavy atom. The molecule has 0 rings (SSSR count). The van der Waals surface area contributed by atoms with E-state index in [1.54, 1.807) is 0 Å². The van der Waals surface area contributed by atoms with E-state index in [2.05, 4.69) is 20.4 Å². The van der Waals surface area contributed by atoms with Crippen LogP contribution < -0.4 is 0 Å². The number of allylic oxidation sites excluding steroid dienone is 1. The Morgan fingerprint density at radius 1 is 1.13 bits per heavy atom. The molecule has 0 aromatic rings. The smallest absolute Gasteiger partial charge is 0.0547 e. The van der Waals surface area contributed by atoms with Crippen molar-refractivity contribution in [3.05, 3.63) is 12.7 Å². The minimum Gasteiger partial charge on any atom is -0.379 e. The topological polar surface area (TPSA) is 9.23 Å². The van der Waals surface area contributed by atoms with Crippen LogP contribution in [0.5, 0.6) is 0 Å². The van der Waals surface area contributed by atoms with Gasteiger partial charge >= 0.3 is 0 Å². The van der Waals surface area contributed by atoms with Crippen LogP contribution in [0, 0.1) is 0 Å². The fraction of sp³-hybridized carbons (Fsp3) is 0.857. The third kappa shape index (κ3) is 11.6. The van der Waals surface area contributed by atoms with Crippen LogP contribution in [0.1, 0.15) is 65.2 Å². The molecule has 0 heterocycles. The molecule has 15 heavy (non-hydrogen) atoms. The Bertz CT molecular complexity index is 131. The zero-order valence-corrected chi connectivity index (χ0v) is 10.6. The predicted molar refractivity (Wildman–Crippen MR) is 68.2 cm³/mol. The van der Waals surface area contributed by atoms with Gasteiger partial charge in [0, 0.05) is 6.61 Å². The Balaban J connectivity index is 3.09. The average Bonchev–Trinajstić information content (AvgIpc) is 2.23. The van der Waals surface area contributed by atoms with E-state index >= 15 is 0 Å². The quantitative estimate of drug-likeness (QED) is 0.356. The molecule has 0 amide bonds. The first-order valence-corrected chi connectivity index (χ1v) is 6.53. The van der Waals surface area contributed by atoms with Gasteiger partial charge in [-0.3, -0.25) is 0 Å². The molecule has 0 aliphatic rings. The molecule has 1 atom stereocenters. The number of rotatable bonds is 11. The molecular weight excluding hydrogens is 184 g/mol. The fourth-order valence-electron chi connectivity index (χ4n) is 1.59. The van der Waals surface area contributed by atoms with Gasteiger partial charge in [-0.15, -0.1) is 6.58 Å². The number of ether oxygens (including phenoxy) is 1. The normalized spacial score (nSPS) is 12.7. The summed E-state index contributed by atoms with van der Waals surface area (Å²) in [4.78, 5) is 0. The third-order valence-electron chi connectivity index (χ3n) is 2.67. The first-order valence-electron chi connectivity index (χ1n) is 6.53. The summed E-state index contributed by atoms with van der Waals surface area (Å²) in [6.07, 6.45) is 12.6. The molecule has 0 aromatic carbocycles. The highest BCUT2D eigenvalue weighted by molar-refractivity contribution is 4.65. The van der Waals surface area contributed by atoms with E-state index in [0.717, 1.165) is 6.61 Å². The van der Waals surface area contributed by atoms with E-state index in [9.17, 15) is 0 Å². The molecule has 1 nitrogen and oxygen atoms in total. The van der Waals surface area contributed by atoms with E-state index < -0.39 is 0 Å². The van der Waals surface area contributed by atoms with Gasteiger partial charge in [0.15, 0.2) is 0 Å². The molecular formula is C14H28O. The molecule has 1 unspecified atom stereocenters. The zero-order chi connectivity index (χ0) is 11.4. The van der Waals surface area contributed by atoms with Crippen molar-refractivity contribution in [3.63, 3.8) is 0 Å². The van der Waals surface area contributed by atoms with E-state index in [0.29, 0.717) is 6.10 Å². The second kappa shape index (κ2) is 11.8. The van der Waals surface area contributed by atoms with Gasteiger partial charge in [0.1, 0.15) is 0 Å². The molecule has 0 N–H and O–H groups in total. The highest BCUT2D eigenvalue weighted by Gasteiger charge is 2.00. The van der Waals surface area contributed by atoms with Gasteiger partial charge in [0.2, 0.25) is 0 Å². The van der Waals surface area contributed by atoms with E-state index in [-0.39, 0.29) is 0 Å². The van der Waals surface area contributed by atoms with Crippen molar-refractivity contribution in [3.8, 4) is 0 Å². The summed E-state index contributed by atoms with van der Waals surface area (Å²) in [7, 11) is 0. The average molecular weight is 212 g/mol. The van der Waals surface area contributed by atoms with Crippen molar-refractivity contribution in [2.24, 2.45) is 0 Å². The van der Waals surface area contributed by atoms with Gasteiger partial charge in [-0.1, -0.05) is 38.7 Å². The first-order chi connectivity index (χ1) is 7.31. The SMILES string of the molecule is C=CCCCCCCC(C)OCCCC. The number of hydrogen-bond donors (Lipinski definition) is 0. The summed E-state index contributed by atoms with van der Waals surface area (Å²) in [6.45, 7) is 9.06. The number of hydrogen-bond acceptors (Lipinski definition) is 1. The largest absolute Gasteiger partial charge is 0.379 e. The van der Waals surface area contributed by atoms with E-state index in [1.807, 2.05) is 6.08 Å². The molecule has 0 radical (unpaired) electrons. The van der Waals surface area contributed by atoms with Crippen LogP contribution in [0.2, 0.25) is 0 Å². The van der Waals surface area contributed by atoms with Crippen molar-refractivity contribution < 1.29 is 4.74 Å². The van der Waals surface area contributed by atoms with Gasteiger partial charge in [0.05, 0.1) is 6.10 Å². The van der Waals surface area contributed by atoms with Crippen LogP contribution in [0.3, 0.4) is 0 Å². The lowest BCUT2D eigenvalue weighted by Crippen LogP contribution is -2.08. The minimum atomic E-state index is 0.455. The van der Waals surface area contributed by atoms with Crippen molar-refractivity contribution in [2.75, 3.05) is 6.61 Å². The van der Waals surface area contributed by atoms with Crippen LogP contribution in [0.25, 0.3) is 0 Å². The van der Waals surface area contributed by atoms with Gasteiger partial charge in [-0.05, 0) is 32.6 Å². The lowest BCUT2D eigenvalue weighted by atomic mass is 10.1. The van der Waals surface area contributed by atoms with Crippen LogP contribution in [-0.4, -0.2) is 12.7 Å². The maximum atomic E-state index is 5.69. The summed E-state index contributed by atoms with van der Waals surface area (Å²) < 4.78 is 5.69. The summed E-state index contributed by atoms with van der Waals surface area (Å²) in [5.41, 5.74) is 0. The molecule has 0 fully saturated rings. The third-order valence-corrected chi connectivity index (χ3v) is 2.67. The lowest BCUT2D eigenvalue weighted by molar-refractivity contribution is 0.0566.